The molecular formula is C21H31N3O2+2. The predicted octanol–water partition coefficient (Wildman–Crippen LogP) is 0.00280. The molecule has 2 aromatic rings. The average molecular weight is 357 g/mol. The van der Waals surface area contributed by atoms with Crippen molar-refractivity contribution < 1.29 is 19.0 Å². The molecule has 1 amide bonds. The summed E-state index contributed by atoms with van der Waals surface area (Å²) in [7, 11) is 0. The standard InChI is InChI=1S/C21H29N3O2/c1-17(2)19-7-5-18(6-8-19)15-23-9-11-24(12-10-23)16-21(25)22-14-20-4-3-13-26-20/h3-8,13,17H,9-12,14-16H2,1-2H3,(H,22,25)/p+2. The van der Waals surface area contributed by atoms with Gasteiger partial charge in [0.2, 0.25) is 0 Å². The van der Waals surface area contributed by atoms with E-state index in [-0.39, 0.29) is 5.91 Å². The Kier molecular flexibility index (Phi) is 6.47. The number of quaternary nitrogens is 2. The van der Waals surface area contributed by atoms with Gasteiger partial charge < -0.3 is 19.5 Å². The largest absolute Gasteiger partial charge is 0.467 e. The van der Waals surface area contributed by atoms with Gasteiger partial charge in [-0.15, -0.1) is 0 Å². The SMILES string of the molecule is CC(C)c1ccc(C[NH+]2CC[NH+](CC(=O)NCc3ccco3)CC2)cc1. The summed E-state index contributed by atoms with van der Waals surface area (Å²) in [6.45, 7) is 10.9. The van der Waals surface area contributed by atoms with Gasteiger partial charge in [0.05, 0.1) is 12.8 Å². The quantitative estimate of drug-likeness (QED) is 0.654. The molecule has 0 unspecified atom stereocenters. The second-order valence-corrected chi connectivity index (χ2v) is 7.61. The van der Waals surface area contributed by atoms with E-state index in [1.807, 2.05) is 12.1 Å². The first-order chi connectivity index (χ1) is 12.6. The Morgan fingerprint density at radius 2 is 1.77 bits per heavy atom. The number of furan rings is 1. The second-order valence-electron chi connectivity index (χ2n) is 7.61. The molecule has 2 heterocycles. The van der Waals surface area contributed by atoms with Crippen molar-refractivity contribution in [3.63, 3.8) is 0 Å². The molecule has 1 fully saturated rings. The molecule has 0 spiro atoms. The summed E-state index contributed by atoms with van der Waals surface area (Å²) in [5.74, 6) is 1.48. The van der Waals surface area contributed by atoms with Gasteiger partial charge >= 0.3 is 0 Å². The molecule has 1 aliphatic rings. The molecule has 0 saturated carbocycles. The van der Waals surface area contributed by atoms with E-state index in [4.69, 9.17) is 4.42 Å². The van der Waals surface area contributed by atoms with E-state index in [1.165, 1.54) is 16.0 Å². The lowest BCUT2D eigenvalue weighted by Gasteiger charge is -2.29. The van der Waals surface area contributed by atoms with Crippen LogP contribution in [0.5, 0.6) is 0 Å². The number of carbonyl (C=O) groups is 1. The number of piperazine rings is 1. The maximum Gasteiger partial charge on any atom is 0.275 e. The molecule has 0 bridgehead atoms. The molecule has 1 aromatic carbocycles. The molecule has 0 aliphatic carbocycles. The average Bonchev–Trinajstić information content (AvgIpc) is 3.16. The Morgan fingerprint density at radius 1 is 1.08 bits per heavy atom. The van der Waals surface area contributed by atoms with Crippen molar-refractivity contribution in [3.8, 4) is 0 Å². The van der Waals surface area contributed by atoms with Gasteiger partial charge in [0, 0.05) is 5.56 Å². The van der Waals surface area contributed by atoms with E-state index in [2.05, 4.69) is 43.4 Å². The highest BCUT2D eigenvalue weighted by atomic mass is 16.3. The van der Waals surface area contributed by atoms with E-state index in [9.17, 15) is 4.79 Å². The lowest BCUT2D eigenvalue weighted by molar-refractivity contribution is -1.02. The minimum absolute atomic E-state index is 0.101. The minimum atomic E-state index is 0.101. The first kappa shape index (κ1) is 18.7. The molecule has 5 nitrogen and oxygen atoms in total. The summed E-state index contributed by atoms with van der Waals surface area (Å²) in [6.07, 6.45) is 1.63. The van der Waals surface area contributed by atoms with Crippen molar-refractivity contribution in [2.24, 2.45) is 0 Å². The summed E-state index contributed by atoms with van der Waals surface area (Å²) in [6, 6.07) is 12.8. The molecule has 0 radical (unpaired) electrons. The molecule has 3 rings (SSSR count). The fourth-order valence-electron chi connectivity index (χ4n) is 3.51. The predicted molar refractivity (Wildman–Crippen MR) is 101 cm³/mol. The normalized spacial score (nSPS) is 20.3. The fourth-order valence-corrected chi connectivity index (χ4v) is 3.51. The van der Waals surface area contributed by atoms with Gasteiger partial charge in [0.15, 0.2) is 6.54 Å². The van der Waals surface area contributed by atoms with Gasteiger partial charge in [-0.25, -0.2) is 0 Å². The minimum Gasteiger partial charge on any atom is -0.467 e. The van der Waals surface area contributed by atoms with Crippen LogP contribution in [0.2, 0.25) is 0 Å². The Balaban J connectivity index is 1.37. The third-order valence-corrected chi connectivity index (χ3v) is 5.22. The molecule has 1 saturated heterocycles. The zero-order valence-corrected chi connectivity index (χ0v) is 15.9. The molecule has 1 aliphatic heterocycles. The van der Waals surface area contributed by atoms with Gasteiger partial charge in [0.25, 0.3) is 5.91 Å². The molecular weight excluding hydrogens is 326 g/mol. The number of rotatable bonds is 7. The lowest BCUT2D eigenvalue weighted by atomic mass is 10.0. The van der Waals surface area contributed by atoms with Crippen LogP contribution in [0.25, 0.3) is 0 Å². The zero-order valence-electron chi connectivity index (χ0n) is 15.9. The van der Waals surface area contributed by atoms with Gasteiger partial charge in [-0.05, 0) is 23.6 Å². The van der Waals surface area contributed by atoms with E-state index in [0.29, 0.717) is 19.0 Å². The van der Waals surface area contributed by atoms with Crippen molar-refractivity contribution in [2.75, 3.05) is 32.7 Å². The van der Waals surface area contributed by atoms with Crippen LogP contribution in [0, 0.1) is 0 Å². The molecule has 3 N–H and O–H groups in total. The highest BCUT2D eigenvalue weighted by molar-refractivity contribution is 5.76. The monoisotopic (exact) mass is 357 g/mol. The van der Waals surface area contributed by atoms with E-state index in [0.717, 1.165) is 38.5 Å². The Labute approximate surface area is 156 Å². The Bertz CT molecular complexity index is 672. The van der Waals surface area contributed by atoms with Crippen LogP contribution in [0.15, 0.2) is 47.1 Å². The molecule has 0 atom stereocenters. The van der Waals surface area contributed by atoms with Crippen LogP contribution < -0.4 is 15.1 Å². The molecule has 1 aromatic heterocycles. The number of benzene rings is 1. The topological polar surface area (TPSA) is 51.1 Å². The summed E-state index contributed by atoms with van der Waals surface area (Å²) in [5.41, 5.74) is 2.81. The van der Waals surface area contributed by atoms with Crippen molar-refractivity contribution in [1.29, 1.82) is 0 Å². The number of hydrogen-bond acceptors (Lipinski definition) is 2. The van der Waals surface area contributed by atoms with Crippen LogP contribution in [0.3, 0.4) is 0 Å². The van der Waals surface area contributed by atoms with Crippen molar-refractivity contribution >= 4 is 5.91 Å². The van der Waals surface area contributed by atoms with Crippen LogP contribution in [0.1, 0.15) is 36.7 Å². The number of carbonyl (C=O) groups excluding carboxylic acids is 1. The smallest absolute Gasteiger partial charge is 0.275 e. The fraction of sp³-hybridized carbons (Fsp3) is 0.476. The summed E-state index contributed by atoms with van der Waals surface area (Å²) in [5, 5.41) is 2.94. The van der Waals surface area contributed by atoms with Crippen LogP contribution in [0.4, 0.5) is 0 Å². The Morgan fingerprint density at radius 3 is 2.38 bits per heavy atom. The van der Waals surface area contributed by atoms with E-state index < -0.39 is 0 Å². The maximum absolute atomic E-state index is 12.1. The van der Waals surface area contributed by atoms with Crippen molar-refractivity contribution in [2.45, 2.75) is 32.9 Å². The van der Waals surface area contributed by atoms with Crippen molar-refractivity contribution in [1.82, 2.24) is 5.32 Å². The summed E-state index contributed by atoms with van der Waals surface area (Å²) in [4.78, 5) is 15.1. The summed E-state index contributed by atoms with van der Waals surface area (Å²) >= 11 is 0. The second kappa shape index (κ2) is 9.01. The van der Waals surface area contributed by atoms with Crippen molar-refractivity contribution in [3.05, 3.63) is 59.5 Å². The van der Waals surface area contributed by atoms with Gasteiger partial charge in [-0.3, -0.25) is 4.79 Å². The molecule has 5 heteroatoms. The number of nitrogens with one attached hydrogen (secondary N) is 3. The van der Waals surface area contributed by atoms with Gasteiger partial charge in [-0.1, -0.05) is 38.1 Å². The summed E-state index contributed by atoms with van der Waals surface area (Å²) < 4.78 is 5.24. The van der Waals surface area contributed by atoms with Crippen LogP contribution in [-0.4, -0.2) is 38.6 Å². The third-order valence-electron chi connectivity index (χ3n) is 5.22. The molecule has 140 valence electrons. The van der Waals surface area contributed by atoms with E-state index >= 15 is 0 Å². The van der Waals surface area contributed by atoms with E-state index in [1.54, 1.807) is 11.2 Å². The van der Waals surface area contributed by atoms with Gasteiger partial charge in [-0.2, -0.15) is 0 Å². The lowest BCUT2D eigenvalue weighted by Crippen LogP contribution is -3.28. The first-order valence-electron chi connectivity index (χ1n) is 9.65. The van der Waals surface area contributed by atoms with Crippen LogP contribution in [-0.2, 0) is 17.9 Å². The van der Waals surface area contributed by atoms with Gasteiger partial charge in [0.1, 0.15) is 38.5 Å². The number of amides is 1. The maximum atomic E-state index is 12.1. The number of hydrogen-bond donors (Lipinski definition) is 3. The highest BCUT2D eigenvalue weighted by Gasteiger charge is 2.24. The molecule has 26 heavy (non-hydrogen) atoms. The first-order valence-corrected chi connectivity index (χ1v) is 9.65. The zero-order chi connectivity index (χ0) is 18.4. The van der Waals surface area contributed by atoms with Crippen LogP contribution >= 0.6 is 0 Å². The Hall–Kier alpha value is -2.11. The third kappa shape index (κ3) is 5.44. The highest BCUT2D eigenvalue weighted by Crippen LogP contribution is 2.14.